The van der Waals surface area contributed by atoms with Gasteiger partial charge in [-0.2, -0.15) is 0 Å². The summed E-state index contributed by atoms with van der Waals surface area (Å²) in [6.07, 6.45) is 1.19. The van der Waals surface area contributed by atoms with Crippen LogP contribution >= 0.6 is 0 Å². The average molecular weight is 313 g/mol. The van der Waals surface area contributed by atoms with Gasteiger partial charge in [-0.1, -0.05) is 91.0 Å². The second-order valence-corrected chi connectivity index (χ2v) is 6.73. The van der Waals surface area contributed by atoms with Crippen LogP contribution in [0.1, 0.15) is 22.7 Å². The van der Waals surface area contributed by atoms with E-state index in [1.807, 2.05) is 0 Å². The molecule has 3 aromatic carbocycles. The molecule has 1 heterocycles. The molecule has 120 valence electrons. The van der Waals surface area contributed by atoms with Crippen molar-refractivity contribution in [3.8, 4) is 0 Å². The Bertz CT molecular complexity index is 706. The van der Waals surface area contributed by atoms with Crippen LogP contribution in [0.3, 0.4) is 0 Å². The summed E-state index contributed by atoms with van der Waals surface area (Å²) in [7, 11) is 0. The molecule has 1 aliphatic rings. The first kappa shape index (κ1) is 15.2. The summed E-state index contributed by atoms with van der Waals surface area (Å²) in [6, 6.07) is 33.0. The lowest BCUT2D eigenvalue weighted by molar-refractivity contribution is 0.0688. The fourth-order valence-corrected chi connectivity index (χ4v) is 3.78. The van der Waals surface area contributed by atoms with Gasteiger partial charge < -0.3 is 0 Å². The molecule has 0 radical (unpaired) electrons. The van der Waals surface area contributed by atoms with E-state index in [1.54, 1.807) is 0 Å². The third kappa shape index (κ3) is 3.27. The molecular weight excluding hydrogens is 290 g/mol. The summed E-state index contributed by atoms with van der Waals surface area (Å²) in [6.45, 7) is 2.34. The van der Waals surface area contributed by atoms with Crippen LogP contribution in [0.15, 0.2) is 91.0 Å². The standard InChI is InChI=1S/C23H23N/c1-4-10-19(11-5-1)16-20-17-24(18-20)23(21-12-6-2-7-13-21)22-14-8-3-9-15-22/h1-15,20,23H,16-18H2. The van der Waals surface area contributed by atoms with Crippen molar-refractivity contribution < 1.29 is 0 Å². The highest BCUT2D eigenvalue weighted by molar-refractivity contribution is 5.32. The van der Waals surface area contributed by atoms with Crippen molar-refractivity contribution in [3.05, 3.63) is 108 Å². The van der Waals surface area contributed by atoms with Crippen LogP contribution in [-0.2, 0) is 6.42 Å². The molecule has 1 aliphatic heterocycles. The number of likely N-dealkylation sites (tertiary alicyclic amines) is 1. The van der Waals surface area contributed by atoms with E-state index in [-0.39, 0.29) is 0 Å². The summed E-state index contributed by atoms with van der Waals surface area (Å²) >= 11 is 0. The van der Waals surface area contributed by atoms with Gasteiger partial charge in [0.25, 0.3) is 0 Å². The van der Waals surface area contributed by atoms with Crippen LogP contribution in [0, 0.1) is 5.92 Å². The van der Waals surface area contributed by atoms with Gasteiger partial charge in [-0.3, -0.25) is 4.90 Å². The van der Waals surface area contributed by atoms with Crippen LogP contribution in [0.5, 0.6) is 0 Å². The lowest BCUT2D eigenvalue weighted by Gasteiger charge is -2.45. The van der Waals surface area contributed by atoms with Crippen LogP contribution in [0.25, 0.3) is 0 Å². The molecule has 0 atom stereocenters. The monoisotopic (exact) mass is 313 g/mol. The number of hydrogen-bond donors (Lipinski definition) is 0. The molecule has 0 spiro atoms. The third-order valence-electron chi connectivity index (χ3n) is 4.95. The predicted octanol–water partition coefficient (Wildman–Crippen LogP) is 4.95. The summed E-state index contributed by atoms with van der Waals surface area (Å²) in [5, 5.41) is 0. The second-order valence-electron chi connectivity index (χ2n) is 6.73. The summed E-state index contributed by atoms with van der Waals surface area (Å²) < 4.78 is 0. The van der Waals surface area contributed by atoms with Gasteiger partial charge in [0.2, 0.25) is 0 Å². The lowest BCUT2D eigenvalue weighted by atomic mass is 9.87. The average Bonchev–Trinajstić information content (AvgIpc) is 2.62. The third-order valence-corrected chi connectivity index (χ3v) is 4.95. The second kappa shape index (κ2) is 7.02. The van der Waals surface area contributed by atoms with Gasteiger partial charge in [-0.05, 0) is 29.0 Å². The van der Waals surface area contributed by atoms with Crippen molar-refractivity contribution in [1.29, 1.82) is 0 Å². The normalized spacial score (nSPS) is 15.4. The summed E-state index contributed by atoms with van der Waals surface area (Å²) in [4.78, 5) is 2.61. The van der Waals surface area contributed by atoms with Gasteiger partial charge in [-0.15, -0.1) is 0 Å². The molecule has 1 fully saturated rings. The zero-order chi connectivity index (χ0) is 16.2. The van der Waals surface area contributed by atoms with Crippen molar-refractivity contribution in [1.82, 2.24) is 4.90 Å². The van der Waals surface area contributed by atoms with Crippen molar-refractivity contribution >= 4 is 0 Å². The Hall–Kier alpha value is -2.38. The minimum Gasteiger partial charge on any atom is -0.292 e. The quantitative estimate of drug-likeness (QED) is 0.644. The number of benzene rings is 3. The summed E-state index contributed by atoms with van der Waals surface area (Å²) in [5.74, 6) is 0.766. The van der Waals surface area contributed by atoms with Crippen molar-refractivity contribution in [3.63, 3.8) is 0 Å². The zero-order valence-corrected chi connectivity index (χ0v) is 13.9. The molecule has 0 saturated carbocycles. The first-order valence-electron chi connectivity index (χ1n) is 8.78. The molecule has 0 aromatic heterocycles. The largest absolute Gasteiger partial charge is 0.292 e. The smallest absolute Gasteiger partial charge is 0.0602 e. The van der Waals surface area contributed by atoms with Gasteiger partial charge in [0, 0.05) is 13.1 Å². The highest BCUT2D eigenvalue weighted by atomic mass is 15.2. The van der Waals surface area contributed by atoms with E-state index in [0.717, 1.165) is 5.92 Å². The van der Waals surface area contributed by atoms with Crippen LogP contribution in [0.2, 0.25) is 0 Å². The van der Waals surface area contributed by atoms with Crippen LogP contribution in [0.4, 0.5) is 0 Å². The molecule has 0 unspecified atom stereocenters. The minimum absolute atomic E-state index is 0.374. The van der Waals surface area contributed by atoms with Crippen molar-refractivity contribution in [2.45, 2.75) is 12.5 Å². The van der Waals surface area contributed by atoms with E-state index >= 15 is 0 Å². The maximum Gasteiger partial charge on any atom is 0.0602 e. The molecule has 0 bridgehead atoms. The zero-order valence-electron chi connectivity index (χ0n) is 13.9. The molecule has 1 saturated heterocycles. The molecule has 0 N–H and O–H groups in total. The Morgan fingerprint density at radius 2 is 1.12 bits per heavy atom. The Morgan fingerprint density at radius 1 is 0.667 bits per heavy atom. The van der Waals surface area contributed by atoms with Gasteiger partial charge >= 0.3 is 0 Å². The number of nitrogens with zero attached hydrogens (tertiary/aromatic N) is 1. The van der Waals surface area contributed by atoms with Crippen molar-refractivity contribution in [2.75, 3.05) is 13.1 Å². The molecule has 0 aliphatic carbocycles. The fraction of sp³-hybridized carbons (Fsp3) is 0.217. The molecule has 1 heteroatoms. The van der Waals surface area contributed by atoms with Gasteiger partial charge in [0.1, 0.15) is 0 Å². The molecule has 1 nitrogen and oxygen atoms in total. The Kier molecular flexibility index (Phi) is 4.44. The molecule has 3 aromatic rings. The molecule has 24 heavy (non-hydrogen) atoms. The predicted molar refractivity (Wildman–Crippen MR) is 99.9 cm³/mol. The first-order chi connectivity index (χ1) is 11.9. The van der Waals surface area contributed by atoms with E-state index in [0.29, 0.717) is 6.04 Å². The highest BCUT2D eigenvalue weighted by Crippen LogP contribution is 2.35. The van der Waals surface area contributed by atoms with Crippen LogP contribution < -0.4 is 0 Å². The lowest BCUT2D eigenvalue weighted by Crippen LogP contribution is -2.49. The van der Waals surface area contributed by atoms with Gasteiger partial charge in [0.15, 0.2) is 0 Å². The molecular formula is C23H23N. The molecule has 4 rings (SSSR count). The Morgan fingerprint density at radius 3 is 1.62 bits per heavy atom. The Balaban J connectivity index is 1.50. The van der Waals surface area contributed by atoms with E-state index in [2.05, 4.69) is 95.9 Å². The maximum atomic E-state index is 2.61. The van der Waals surface area contributed by atoms with Crippen molar-refractivity contribution in [2.24, 2.45) is 5.92 Å². The first-order valence-corrected chi connectivity index (χ1v) is 8.78. The van der Waals surface area contributed by atoms with E-state index in [9.17, 15) is 0 Å². The van der Waals surface area contributed by atoms with E-state index in [1.165, 1.54) is 36.2 Å². The van der Waals surface area contributed by atoms with E-state index in [4.69, 9.17) is 0 Å². The number of hydrogen-bond acceptors (Lipinski definition) is 1. The highest BCUT2D eigenvalue weighted by Gasteiger charge is 2.33. The Labute approximate surface area is 144 Å². The SMILES string of the molecule is c1ccc(CC2CN(C(c3ccccc3)c3ccccc3)C2)cc1. The topological polar surface area (TPSA) is 3.24 Å². The number of rotatable bonds is 5. The fourth-order valence-electron chi connectivity index (χ4n) is 3.78. The van der Waals surface area contributed by atoms with Crippen LogP contribution in [-0.4, -0.2) is 18.0 Å². The van der Waals surface area contributed by atoms with E-state index < -0.39 is 0 Å². The van der Waals surface area contributed by atoms with Gasteiger partial charge in [0.05, 0.1) is 6.04 Å². The molecule has 0 amide bonds. The minimum atomic E-state index is 0.374. The van der Waals surface area contributed by atoms with Gasteiger partial charge in [-0.25, -0.2) is 0 Å². The summed E-state index contributed by atoms with van der Waals surface area (Å²) in [5.41, 5.74) is 4.24. The maximum absolute atomic E-state index is 2.61.